The first kappa shape index (κ1) is 23.2. The number of hydrogen-bond donors (Lipinski definition) is 2. The highest BCUT2D eigenvalue weighted by atomic mass is 32.2. The van der Waals surface area contributed by atoms with Crippen LogP contribution in [-0.4, -0.2) is 30.3 Å². The summed E-state index contributed by atoms with van der Waals surface area (Å²) < 4.78 is 29.5. The van der Waals surface area contributed by atoms with Crippen LogP contribution in [0.25, 0.3) is 0 Å². The summed E-state index contributed by atoms with van der Waals surface area (Å²) in [5, 5.41) is 11.1. The molecule has 0 saturated heterocycles. The van der Waals surface area contributed by atoms with Crippen molar-refractivity contribution >= 4 is 49.8 Å². The number of nitrogens with one attached hydrogen (secondary N) is 2. The number of sulfonamides is 1. The topological polar surface area (TPSA) is 101 Å². The molecule has 3 aromatic rings. The van der Waals surface area contributed by atoms with Gasteiger partial charge in [-0.05, 0) is 56.5 Å². The van der Waals surface area contributed by atoms with E-state index >= 15 is 0 Å². The maximum atomic E-state index is 13.0. The number of rotatable bonds is 8. The maximum absolute atomic E-state index is 13.0. The average Bonchev–Trinajstić information content (AvgIpc) is 3.15. The Labute approximate surface area is 190 Å². The number of carbonyl (C=O) groups is 1. The lowest BCUT2D eigenvalue weighted by molar-refractivity contribution is 0.102. The predicted molar refractivity (Wildman–Crippen MR) is 127 cm³/mol. The molecule has 3 rings (SSSR count). The summed E-state index contributed by atoms with van der Waals surface area (Å²) in [4.78, 5) is 12.7. The van der Waals surface area contributed by atoms with E-state index in [4.69, 9.17) is 0 Å². The van der Waals surface area contributed by atoms with Crippen molar-refractivity contribution in [3.05, 3.63) is 58.7 Å². The largest absolute Gasteiger partial charge is 0.296 e. The molecule has 0 bridgehead atoms. The molecule has 31 heavy (non-hydrogen) atoms. The molecule has 0 fully saturated rings. The molecule has 1 aromatic heterocycles. The highest BCUT2D eigenvalue weighted by Crippen LogP contribution is 2.27. The third-order valence-electron chi connectivity index (χ3n) is 4.42. The number of hydrogen-bond acceptors (Lipinski definition) is 7. The summed E-state index contributed by atoms with van der Waals surface area (Å²) in [5.74, 6) is 0.487. The van der Waals surface area contributed by atoms with Gasteiger partial charge in [0.2, 0.25) is 5.13 Å². The van der Waals surface area contributed by atoms with E-state index in [2.05, 4.69) is 27.2 Å². The maximum Gasteiger partial charge on any atom is 0.262 e. The molecule has 2 aromatic carbocycles. The molecular weight excluding hydrogens is 452 g/mol. The fourth-order valence-electron chi connectivity index (χ4n) is 2.84. The van der Waals surface area contributed by atoms with Crippen LogP contribution in [0.2, 0.25) is 0 Å². The Bertz CT molecular complexity index is 1210. The molecule has 10 heteroatoms. The number of nitrogens with zero attached hydrogens (tertiary/aromatic N) is 2. The third-order valence-corrected chi connectivity index (χ3v) is 8.11. The van der Waals surface area contributed by atoms with Gasteiger partial charge in [0.15, 0.2) is 4.34 Å². The van der Waals surface area contributed by atoms with Crippen LogP contribution in [0.1, 0.15) is 40.4 Å². The highest BCUT2D eigenvalue weighted by molar-refractivity contribution is 8.01. The molecule has 0 radical (unpaired) electrons. The van der Waals surface area contributed by atoms with Crippen LogP contribution in [0.4, 0.5) is 10.8 Å². The van der Waals surface area contributed by atoms with Crippen LogP contribution in [-0.2, 0) is 10.0 Å². The zero-order valence-corrected chi connectivity index (χ0v) is 20.2. The van der Waals surface area contributed by atoms with Crippen LogP contribution >= 0.6 is 23.1 Å². The van der Waals surface area contributed by atoms with Crippen molar-refractivity contribution in [1.29, 1.82) is 0 Å². The van der Waals surface area contributed by atoms with Gasteiger partial charge in [-0.15, -0.1) is 10.2 Å². The second-order valence-corrected chi connectivity index (χ2v) is 11.1. The average molecular weight is 477 g/mol. The number of thioether (sulfide) groups is 1. The fourth-order valence-corrected chi connectivity index (χ4v) is 5.91. The van der Waals surface area contributed by atoms with Gasteiger partial charge in [0.25, 0.3) is 15.9 Å². The molecular formula is C21H24N4O3S3. The lowest BCUT2D eigenvalue weighted by Gasteiger charge is -2.14. The summed E-state index contributed by atoms with van der Waals surface area (Å²) in [6.07, 6.45) is 1.02. The van der Waals surface area contributed by atoms with Crippen LogP contribution in [0.15, 0.2) is 45.6 Å². The van der Waals surface area contributed by atoms with Gasteiger partial charge in [-0.2, -0.15) is 0 Å². The van der Waals surface area contributed by atoms with Gasteiger partial charge in [-0.3, -0.25) is 14.8 Å². The van der Waals surface area contributed by atoms with Crippen molar-refractivity contribution < 1.29 is 13.2 Å². The van der Waals surface area contributed by atoms with E-state index in [1.807, 2.05) is 26.0 Å². The van der Waals surface area contributed by atoms with Gasteiger partial charge in [0, 0.05) is 11.3 Å². The molecule has 0 atom stereocenters. The second-order valence-electron chi connectivity index (χ2n) is 7.08. The lowest BCUT2D eigenvalue weighted by atomic mass is 10.1. The van der Waals surface area contributed by atoms with E-state index in [-0.39, 0.29) is 10.5 Å². The zero-order chi connectivity index (χ0) is 22.6. The zero-order valence-electron chi connectivity index (χ0n) is 17.7. The Morgan fingerprint density at radius 2 is 1.84 bits per heavy atom. The highest BCUT2D eigenvalue weighted by Gasteiger charge is 2.21. The SMILES string of the molecule is CCCSc1nnc(NC(=O)c2ccc(C)c(S(=O)(=O)Nc3ccc(C)cc3C)c2)s1. The number of benzene rings is 2. The summed E-state index contributed by atoms with van der Waals surface area (Å²) >= 11 is 2.87. The smallest absolute Gasteiger partial charge is 0.262 e. The third kappa shape index (κ3) is 5.84. The summed E-state index contributed by atoms with van der Waals surface area (Å²) in [6.45, 7) is 7.56. The molecule has 0 aliphatic rings. The number of amides is 1. The predicted octanol–water partition coefficient (Wildman–Crippen LogP) is 5.02. The van der Waals surface area contributed by atoms with Crippen molar-refractivity contribution in [1.82, 2.24) is 10.2 Å². The van der Waals surface area contributed by atoms with Crippen molar-refractivity contribution in [2.75, 3.05) is 15.8 Å². The molecule has 0 aliphatic carbocycles. The van der Waals surface area contributed by atoms with Gasteiger partial charge >= 0.3 is 0 Å². The Balaban J connectivity index is 1.81. The normalized spacial score (nSPS) is 11.4. The van der Waals surface area contributed by atoms with Crippen molar-refractivity contribution in [3.8, 4) is 0 Å². The van der Waals surface area contributed by atoms with Crippen molar-refractivity contribution in [2.45, 2.75) is 43.4 Å². The minimum absolute atomic E-state index is 0.0524. The first-order chi connectivity index (χ1) is 14.7. The summed E-state index contributed by atoms with van der Waals surface area (Å²) in [5.41, 5.74) is 3.14. The van der Waals surface area contributed by atoms with Gasteiger partial charge in [0.05, 0.1) is 10.6 Å². The van der Waals surface area contributed by atoms with E-state index in [1.165, 1.54) is 17.4 Å². The Kier molecular flexibility index (Phi) is 7.34. The lowest BCUT2D eigenvalue weighted by Crippen LogP contribution is -2.17. The van der Waals surface area contributed by atoms with Crippen LogP contribution in [0.3, 0.4) is 0 Å². The minimum atomic E-state index is -3.87. The first-order valence-electron chi connectivity index (χ1n) is 9.68. The summed E-state index contributed by atoms with van der Waals surface area (Å²) in [6, 6.07) is 10.1. The van der Waals surface area contributed by atoms with E-state index < -0.39 is 15.9 Å². The molecule has 0 aliphatic heterocycles. The Morgan fingerprint density at radius 3 is 2.55 bits per heavy atom. The minimum Gasteiger partial charge on any atom is -0.296 e. The van der Waals surface area contributed by atoms with E-state index in [9.17, 15) is 13.2 Å². The van der Waals surface area contributed by atoms with Crippen LogP contribution in [0, 0.1) is 20.8 Å². The molecule has 1 heterocycles. The molecule has 2 N–H and O–H groups in total. The Hall–Kier alpha value is -2.43. The van der Waals surface area contributed by atoms with Gasteiger partial charge in [-0.1, -0.05) is 53.8 Å². The van der Waals surface area contributed by atoms with Crippen LogP contribution in [0.5, 0.6) is 0 Å². The number of carbonyl (C=O) groups excluding carboxylic acids is 1. The first-order valence-corrected chi connectivity index (χ1v) is 13.0. The van der Waals surface area contributed by atoms with Gasteiger partial charge in [0.1, 0.15) is 0 Å². The fraction of sp³-hybridized carbons (Fsp3) is 0.286. The van der Waals surface area contributed by atoms with Crippen molar-refractivity contribution in [2.24, 2.45) is 0 Å². The monoisotopic (exact) mass is 476 g/mol. The number of aryl methyl sites for hydroxylation is 3. The van der Waals surface area contributed by atoms with Gasteiger partial charge < -0.3 is 0 Å². The van der Waals surface area contributed by atoms with E-state index in [1.54, 1.807) is 36.9 Å². The van der Waals surface area contributed by atoms with Crippen LogP contribution < -0.4 is 10.0 Å². The molecule has 7 nitrogen and oxygen atoms in total. The van der Waals surface area contributed by atoms with E-state index in [0.29, 0.717) is 16.4 Å². The number of anilines is 2. The quantitative estimate of drug-likeness (QED) is 0.350. The standard InChI is InChI=1S/C21H24N4O3S3/c1-5-10-29-21-24-23-20(30-21)22-19(26)16-8-7-14(3)18(12-16)31(27,28)25-17-9-6-13(2)11-15(17)4/h6-9,11-12,25H,5,10H2,1-4H3,(H,22,23,26). The number of aromatic nitrogens is 2. The molecule has 0 unspecified atom stereocenters. The van der Waals surface area contributed by atoms with Gasteiger partial charge in [-0.25, -0.2) is 8.42 Å². The molecule has 1 amide bonds. The summed E-state index contributed by atoms with van der Waals surface area (Å²) in [7, 11) is -3.87. The second kappa shape index (κ2) is 9.80. The molecule has 0 saturated carbocycles. The Morgan fingerprint density at radius 1 is 1.06 bits per heavy atom. The molecule has 0 spiro atoms. The molecule has 164 valence electrons. The van der Waals surface area contributed by atoms with Crippen molar-refractivity contribution in [3.63, 3.8) is 0 Å². The van der Waals surface area contributed by atoms with E-state index in [0.717, 1.165) is 27.6 Å².